The normalized spacial score (nSPS) is 12.7. The van der Waals surface area contributed by atoms with E-state index in [1.54, 1.807) is 11.3 Å². The lowest BCUT2D eigenvalue weighted by Gasteiger charge is -2.19. The number of hydrogen-bond donors (Lipinski definition) is 1. The fraction of sp³-hybridized carbons (Fsp3) is 0.333. The van der Waals surface area contributed by atoms with Crippen LogP contribution in [0.1, 0.15) is 35.4 Å². The van der Waals surface area contributed by atoms with Crippen LogP contribution in [0.5, 0.6) is 0 Å². The molecule has 2 rings (SSSR count). The molecule has 0 aliphatic carbocycles. The summed E-state index contributed by atoms with van der Waals surface area (Å²) in [4.78, 5) is 1.23. The van der Waals surface area contributed by atoms with E-state index in [4.69, 9.17) is 0 Å². The summed E-state index contributed by atoms with van der Waals surface area (Å²) in [6, 6.07) is 7.13. The van der Waals surface area contributed by atoms with Gasteiger partial charge >= 0.3 is 0 Å². The highest BCUT2D eigenvalue weighted by atomic mass is 79.9. The topological polar surface area (TPSA) is 12.0 Å². The van der Waals surface area contributed by atoms with E-state index in [0.29, 0.717) is 0 Å². The number of benzene rings is 1. The molecule has 0 amide bonds. The van der Waals surface area contributed by atoms with Crippen LogP contribution in [0.15, 0.2) is 32.5 Å². The van der Waals surface area contributed by atoms with Crippen LogP contribution < -0.4 is 5.32 Å². The van der Waals surface area contributed by atoms with Crippen LogP contribution in [0.4, 0.5) is 4.39 Å². The molecule has 0 fully saturated rings. The van der Waals surface area contributed by atoms with E-state index in [1.165, 1.54) is 22.6 Å². The van der Waals surface area contributed by atoms with Gasteiger partial charge < -0.3 is 5.32 Å². The van der Waals surface area contributed by atoms with Crippen molar-refractivity contribution in [3.05, 3.63) is 54.3 Å². The quantitative estimate of drug-likeness (QED) is 0.643. The van der Waals surface area contributed by atoms with Gasteiger partial charge in [-0.1, -0.05) is 28.9 Å². The number of aryl methyl sites for hydroxylation is 1. The highest BCUT2D eigenvalue weighted by Gasteiger charge is 2.19. The highest BCUT2D eigenvalue weighted by Crippen LogP contribution is 2.36. The van der Waals surface area contributed by atoms with E-state index in [-0.39, 0.29) is 11.9 Å². The molecule has 108 valence electrons. The molecule has 1 atom stereocenters. The minimum absolute atomic E-state index is 0.0833. The predicted octanol–water partition coefficient (Wildman–Crippen LogP) is 5.81. The van der Waals surface area contributed by atoms with Crippen molar-refractivity contribution >= 4 is 43.2 Å². The van der Waals surface area contributed by atoms with E-state index >= 15 is 0 Å². The van der Waals surface area contributed by atoms with Gasteiger partial charge in [-0.15, -0.1) is 11.3 Å². The van der Waals surface area contributed by atoms with Crippen LogP contribution in [0, 0.1) is 12.7 Å². The van der Waals surface area contributed by atoms with Gasteiger partial charge in [0.2, 0.25) is 0 Å². The Morgan fingerprint density at radius 3 is 2.60 bits per heavy atom. The summed E-state index contributed by atoms with van der Waals surface area (Å²) in [5.74, 6) is -0.224. The molecule has 0 saturated carbocycles. The van der Waals surface area contributed by atoms with Crippen LogP contribution in [0.3, 0.4) is 0 Å². The third kappa shape index (κ3) is 3.70. The standard InChI is InChI=1S/C15H16Br2FNS/c1-3-6-19-14(13-7-9(2)15(17)20-13)11-5-4-10(18)8-12(11)16/h4-5,7-8,14,19H,3,6H2,1-2H3. The number of hydrogen-bond acceptors (Lipinski definition) is 2. The average Bonchev–Trinajstić information content (AvgIpc) is 2.72. The van der Waals surface area contributed by atoms with Gasteiger partial charge in [-0.05, 0) is 65.1 Å². The van der Waals surface area contributed by atoms with Crippen molar-refractivity contribution in [1.82, 2.24) is 5.32 Å². The molecule has 1 unspecified atom stereocenters. The van der Waals surface area contributed by atoms with Crippen molar-refractivity contribution in [3.63, 3.8) is 0 Å². The molecule has 20 heavy (non-hydrogen) atoms. The summed E-state index contributed by atoms with van der Waals surface area (Å²) in [5.41, 5.74) is 2.29. The van der Waals surface area contributed by atoms with Crippen molar-refractivity contribution in [2.45, 2.75) is 26.3 Å². The second kappa shape index (κ2) is 7.16. The Labute approximate surface area is 139 Å². The Morgan fingerprint density at radius 1 is 1.30 bits per heavy atom. The van der Waals surface area contributed by atoms with E-state index < -0.39 is 0 Å². The zero-order valence-corrected chi connectivity index (χ0v) is 15.3. The van der Waals surface area contributed by atoms with Gasteiger partial charge in [0.25, 0.3) is 0 Å². The largest absolute Gasteiger partial charge is 0.306 e. The molecule has 0 bridgehead atoms. The molecule has 1 aromatic heterocycles. The Morgan fingerprint density at radius 2 is 2.05 bits per heavy atom. The molecule has 0 saturated heterocycles. The minimum atomic E-state index is -0.224. The molecule has 1 aromatic carbocycles. The second-order valence-electron chi connectivity index (χ2n) is 4.66. The number of thiophene rings is 1. The first-order valence-electron chi connectivity index (χ1n) is 6.47. The summed E-state index contributed by atoms with van der Waals surface area (Å²) in [7, 11) is 0. The number of nitrogens with one attached hydrogen (secondary N) is 1. The average molecular weight is 421 g/mol. The summed E-state index contributed by atoms with van der Waals surface area (Å²) in [6.45, 7) is 5.14. The molecule has 0 spiro atoms. The molecular formula is C15H16Br2FNS. The number of halogens is 3. The van der Waals surface area contributed by atoms with E-state index in [0.717, 1.165) is 26.8 Å². The second-order valence-corrected chi connectivity index (χ2v) is 7.91. The maximum atomic E-state index is 13.3. The van der Waals surface area contributed by atoms with Crippen molar-refractivity contribution < 1.29 is 4.39 Å². The van der Waals surface area contributed by atoms with Gasteiger partial charge in [-0.3, -0.25) is 0 Å². The lowest BCUT2D eigenvalue weighted by Crippen LogP contribution is -2.22. The summed E-state index contributed by atoms with van der Waals surface area (Å²) >= 11 is 8.77. The fourth-order valence-electron chi connectivity index (χ4n) is 2.01. The molecule has 1 heterocycles. The van der Waals surface area contributed by atoms with E-state index in [1.807, 2.05) is 6.07 Å². The lowest BCUT2D eigenvalue weighted by molar-refractivity contribution is 0.596. The van der Waals surface area contributed by atoms with Gasteiger partial charge in [-0.2, -0.15) is 0 Å². The SMILES string of the molecule is CCCNC(c1cc(C)c(Br)s1)c1ccc(F)cc1Br. The minimum Gasteiger partial charge on any atom is -0.306 e. The molecule has 1 nitrogen and oxygen atoms in total. The van der Waals surface area contributed by atoms with Gasteiger partial charge in [0.05, 0.1) is 9.83 Å². The van der Waals surface area contributed by atoms with Gasteiger partial charge in [0.15, 0.2) is 0 Å². The van der Waals surface area contributed by atoms with E-state index in [9.17, 15) is 4.39 Å². The van der Waals surface area contributed by atoms with Gasteiger partial charge in [0, 0.05) is 9.35 Å². The monoisotopic (exact) mass is 419 g/mol. The summed E-state index contributed by atoms with van der Waals surface area (Å²) in [6.07, 6.45) is 1.06. The molecule has 5 heteroatoms. The van der Waals surface area contributed by atoms with Crippen molar-refractivity contribution in [1.29, 1.82) is 0 Å². The lowest BCUT2D eigenvalue weighted by atomic mass is 10.0. The summed E-state index contributed by atoms with van der Waals surface area (Å²) < 4.78 is 15.2. The van der Waals surface area contributed by atoms with Crippen LogP contribution >= 0.6 is 43.2 Å². The van der Waals surface area contributed by atoms with Crippen LogP contribution in [0.2, 0.25) is 0 Å². The summed E-state index contributed by atoms with van der Waals surface area (Å²) in [5, 5.41) is 3.54. The molecule has 0 radical (unpaired) electrons. The Hall–Kier alpha value is -0.230. The first-order valence-corrected chi connectivity index (χ1v) is 8.87. The molecule has 0 aliphatic heterocycles. The van der Waals surface area contributed by atoms with Crippen molar-refractivity contribution in [2.75, 3.05) is 6.54 Å². The maximum absolute atomic E-state index is 13.3. The van der Waals surface area contributed by atoms with Crippen LogP contribution in [-0.2, 0) is 0 Å². The zero-order valence-electron chi connectivity index (χ0n) is 11.3. The highest BCUT2D eigenvalue weighted by molar-refractivity contribution is 9.11. The predicted molar refractivity (Wildman–Crippen MR) is 91.0 cm³/mol. The van der Waals surface area contributed by atoms with Crippen LogP contribution in [-0.4, -0.2) is 6.54 Å². The fourth-order valence-corrected chi connectivity index (χ4v) is 4.26. The molecule has 1 N–H and O–H groups in total. The zero-order chi connectivity index (χ0) is 14.7. The smallest absolute Gasteiger partial charge is 0.124 e. The van der Waals surface area contributed by atoms with Crippen LogP contribution in [0.25, 0.3) is 0 Å². The number of rotatable bonds is 5. The molecule has 2 aromatic rings. The van der Waals surface area contributed by atoms with Crippen molar-refractivity contribution in [2.24, 2.45) is 0 Å². The first-order chi connectivity index (χ1) is 9.52. The Balaban J connectivity index is 2.41. The van der Waals surface area contributed by atoms with E-state index in [2.05, 4.69) is 57.1 Å². The van der Waals surface area contributed by atoms with Crippen molar-refractivity contribution in [3.8, 4) is 0 Å². The Kier molecular flexibility index (Phi) is 5.78. The Bertz CT molecular complexity index is 578. The first kappa shape index (κ1) is 16.1. The molecular weight excluding hydrogens is 405 g/mol. The molecule has 0 aliphatic rings. The van der Waals surface area contributed by atoms with Gasteiger partial charge in [-0.25, -0.2) is 4.39 Å². The van der Waals surface area contributed by atoms with Gasteiger partial charge in [0.1, 0.15) is 5.82 Å². The third-order valence-electron chi connectivity index (χ3n) is 3.03. The maximum Gasteiger partial charge on any atom is 0.124 e. The third-order valence-corrected chi connectivity index (χ3v) is 5.92.